The summed E-state index contributed by atoms with van der Waals surface area (Å²) in [4.78, 5) is 31.5. The molecule has 0 unspecified atom stereocenters. The number of ether oxygens (including phenoxy) is 1. The first-order valence-corrected chi connectivity index (χ1v) is 10.5. The highest BCUT2D eigenvalue weighted by Crippen LogP contribution is 2.36. The van der Waals surface area contributed by atoms with E-state index in [1.165, 1.54) is 6.07 Å². The normalized spacial score (nSPS) is 13.7. The number of pyridine rings is 1. The van der Waals surface area contributed by atoms with Crippen LogP contribution in [0.1, 0.15) is 11.1 Å². The molecule has 162 valence electrons. The Morgan fingerprint density at radius 3 is 2.64 bits per heavy atom. The second-order valence-corrected chi connectivity index (χ2v) is 8.00. The van der Waals surface area contributed by atoms with Crippen molar-refractivity contribution in [1.29, 1.82) is 0 Å². The second-order valence-electron chi connectivity index (χ2n) is 8.00. The molecule has 6 rings (SSSR count). The zero-order valence-corrected chi connectivity index (χ0v) is 17.5. The number of para-hydroxylation sites is 1. The summed E-state index contributed by atoms with van der Waals surface area (Å²) in [5.74, 6) is 0.666. The van der Waals surface area contributed by atoms with Gasteiger partial charge in [-0.05, 0) is 42.0 Å². The van der Waals surface area contributed by atoms with Crippen LogP contribution in [0.15, 0.2) is 91.5 Å². The minimum atomic E-state index is -0.537. The summed E-state index contributed by atoms with van der Waals surface area (Å²) in [5.41, 5.74) is 2.55. The predicted octanol–water partition coefficient (Wildman–Crippen LogP) is 4.31. The average molecular weight is 438 g/mol. The van der Waals surface area contributed by atoms with Crippen LogP contribution in [0.3, 0.4) is 0 Å². The van der Waals surface area contributed by atoms with E-state index in [2.05, 4.69) is 9.88 Å². The van der Waals surface area contributed by atoms with Gasteiger partial charge in [0.25, 0.3) is 0 Å². The Hall–Kier alpha value is -4.23. The maximum absolute atomic E-state index is 12.8. The highest BCUT2D eigenvalue weighted by atomic mass is 16.5. The highest BCUT2D eigenvalue weighted by Gasteiger charge is 2.23. The van der Waals surface area contributed by atoms with E-state index >= 15 is 0 Å². The minimum Gasteiger partial charge on any atom is -0.478 e. The molecule has 5 aromatic rings. The molecule has 0 atom stereocenters. The number of hydrogen-bond donors (Lipinski definition) is 0. The van der Waals surface area contributed by atoms with Gasteiger partial charge in [0.05, 0.1) is 11.1 Å². The third-order valence-electron chi connectivity index (χ3n) is 5.84. The quantitative estimate of drug-likeness (QED) is 0.388. The van der Waals surface area contributed by atoms with Crippen LogP contribution >= 0.6 is 0 Å². The van der Waals surface area contributed by atoms with Crippen LogP contribution in [0.5, 0.6) is 5.75 Å². The predicted molar refractivity (Wildman–Crippen MR) is 123 cm³/mol. The molecule has 0 fully saturated rings. The molecule has 33 heavy (non-hydrogen) atoms. The van der Waals surface area contributed by atoms with Crippen molar-refractivity contribution in [2.45, 2.75) is 13.1 Å². The van der Waals surface area contributed by atoms with Crippen molar-refractivity contribution in [3.8, 4) is 16.9 Å². The lowest BCUT2D eigenvalue weighted by Gasteiger charge is -2.29. The summed E-state index contributed by atoms with van der Waals surface area (Å²) in [6.45, 7) is 1.61. The monoisotopic (exact) mass is 438 g/mol. The lowest BCUT2D eigenvalue weighted by molar-refractivity contribution is 0.0889. The summed E-state index contributed by atoms with van der Waals surface area (Å²) in [6, 6.07) is 18.0. The molecule has 0 aliphatic carbocycles. The summed E-state index contributed by atoms with van der Waals surface area (Å²) in [5, 5.41) is 1.43. The Bertz CT molecular complexity index is 1620. The van der Waals surface area contributed by atoms with E-state index in [4.69, 9.17) is 13.6 Å². The van der Waals surface area contributed by atoms with E-state index in [-0.39, 0.29) is 0 Å². The first kappa shape index (κ1) is 19.5. The van der Waals surface area contributed by atoms with Crippen LogP contribution in [-0.2, 0) is 13.1 Å². The topological polar surface area (TPSA) is 85.8 Å². The number of rotatable bonds is 3. The number of aromatic nitrogens is 1. The zero-order valence-electron chi connectivity index (χ0n) is 17.5. The van der Waals surface area contributed by atoms with Crippen LogP contribution in [0.4, 0.5) is 0 Å². The fourth-order valence-electron chi connectivity index (χ4n) is 4.30. The van der Waals surface area contributed by atoms with Crippen molar-refractivity contribution >= 4 is 21.9 Å². The fourth-order valence-corrected chi connectivity index (χ4v) is 4.30. The van der Waals surface area contributed by atoms with E-state index in [0.29, 0.717) is 53.2 Å². The fraction of sp³-hybridized carbons (Fsp3) is 0.115. The maximum atomic E-state index is 12.8. The Balaban J connectivity index is 1.49. The van der Waals surface area contributed by atoms with Gasteiger partial charge < -0.3 is 13.6 Å². The van der Waals surface area contributed by atoms with E-state index in [1.54, 1.807) is 24.5 Å². The number of nitrogens with zero attached hydrogens (tertiary/aromatic N) is 2. The van der Waals surface area contributed by atoms with Crippen molar-refractivity contribution in [1.82, 2.24) is 9.88 Å². The second kappa shape index (κ2) is 7.72. The number of benzene rings is 2. The van der Waals surface area contributed by atoms with Crippen molar-refractivity contribution < 1.29 is 13.6 Å². The Kier molecular flexibility index (Phi) is 4.55. The van der Waals surface area contributed by atoms with Gasteiger partial charge in [-0.25, -0.2) is 9.59 Å². The van der Waals surface area contributed by atoms with Gasteiger partial charge in [0.2, 0.25) is 0 Å². The Morgan fingerprint density at radius 2 is 1.76 bits per heavy atom. The zero-order chi connectivity index (χ0) is 22.4. The van der Waals surface area contributed by atoms with Crippen LogP contribution < -0.4 is 16.0 Å². The van der Waals surface area contributed by atoms with Gasteiger partial charge in [-0.1, -0.05) is 18.2 Å². The van der Waals surface area contributed by atoms with E-state index in [1.807, 2.05) is 42.5 Å². The molecule has 0 N–H and O–H groups in total. The van der Waals surface area contributed by atoms with Gasteiger partial charge in [0, 0.05) is 47.9 Å². The first-order chi connectivity index (χ1) is 16.2. The molecular weight excluding hydrogens is 420 g/mol. The summed E-state index contributed by atoms with van der Waals surface area (Å²) in [7, 11) is 0. The van der Waals surface area contributed by atoms with Gasteiger partial charge in [0.1, 0.15) is 23.6 Å². The average Bonchev–Trinajstić information content (AvgIpc) is 2.84. The molecule has 7 nitrogen and oxygen atoms in total. The Labute approximate surface area is 187 Å². The summed E-state index contributed by atoms with van der Waals surface area (Å²) >= 11 is 0. The molecule has 4 heterocycles. The maximum Gasteiger partial charge on any atom is 0.344 e. The molecule has 1 aliphatic rings. The largest absolute Gasteiger partial charge is 0.478 e. The molecule has 0 saturated carbocycles. The minimum absolute atomic E-state index is 0.317. The van der Waals surface area contributed by atoms with Crippen molar-refractivity contribution in [2.24, 2.45) is 0 Å². The number of hydrogen-bond acceptors (Lipinski definition) is 7. The molecule has 0 bridgehead atoms. The van der Waals surface area contributed by atoms with Crippen molar-refractivity contribution in [2.75, 3.05) is 6.73 Å². The van der Waals surface area contributed by atoms with Gasteiger partial charge in [0.15, 0.2) is 0 Å². The molecule has 7 heteroatoms. The Morgan fingerprint density at radius 1 is 0.909 bits per heavy atom. The molecule has 0 spiro atoms. The van der Waals surface area contributed by atoms with E-state index in [0.717, 1.165) is 16.5 Å². The van der Waals surface area contributed by atoms with Gasteiger partial charge in [-0.3, -0.25) is 9.88 Å². The SMILES string of the molecule is O=c1cc(-c2cc3ccccc3oc2=O)c2ccc3c(c2o1)CN(Cc1ccncc1)CO3. The molecular formula is C26H18N2O5. The molecule has 2 aromatic carbocycles. The van der Waals surface area contributed by atoms with Gasteiger partial charge >= 0.3 is 11.3 Å². The molecule has 0 amide bonds. The summed E-state index contributed by atoms with van der Waals surface area (Å²) < 4.78 is 17.1. The highest BCUT2D eigenvalue weighted by molar-refractivity contribution is 5.97. The molecule has 0 saturated heterocycles. The first-order valence-electron chi connectivity index (χ1n) is 10.5. The lowest BCUT2D eigenvalue weighted by atomic mass is 9.99. The van der Waals surface area contributed by atoms with E-state index in [9.17, 15) is 9.59 Å². The molecule has 0 radical (unpaired) electrons. The van der Waals surface area contributed by atoms with Gasteiger partial charge in [-0.15, -0.1) is 0 Å². The van der Waals surface area contributed by atoms with Crippen molar-refractivity contribution in [3.05, 3.63) is 105 Å². The molecule has 1 aliphatic heterocycles. The summed E-state index contributed by atoms with van der Waals surface area (Å²) in [6.07, 6.45) is 3.51. The smallest absolute Gasteiger partial charge is 0.344 e. The lowest BCUT2D eigenvalue weighted by Crippen LogP contribution is -2.31. The van der Waals surface area contributed by atoms with E-state index < -0.39 is 11.3 Å². The standard InChI is InChI=1S/C26H18N2O5/c29-24-12-19(20-11-17-3-1-2-4-22(17)32-26(20)30)18-5-6-23-21(25(18)33-24)14-28(15-31-23)13-16-7-9-27-10-8-16/h1-12H,13-15H2. The third kappa shape index (κ3) is 3.48. The van der Waals surface area contributed by atoms with Crippen LogP contribution in [0, 0.1) is 0 Å². The molecule has 3 aromatic heterocycles. The van der Waals surface area contributed by atoms with Crippen LogP contribution in [0.25, 0.3) is 33.1 Å². The third-order valence-corrected chi connectivity index (χ3v) is 5.84. The number of fused-ring (bicyclic) bond motifs is 4. The van der Waals surface area contributed by atoms with Crippen LogP contribution in [0.2, 0.25) is 0 Å². The van der Waals surface area contributed by atoms with Crippen molar-refractivity contribution in [3.63, 3.8) is 0 Å². The van der Waals surface area contributed by atoms with Crippen LogP contribution in [-0.4, -0.2) is 16.6 Å². The van der Waals surface area contributed by atoms with Gasteiger partial charge in [-0.2, -0.15) is 0 Å².